The summed E-state index contributed by atoms with van der Waals surface area (Å²) in [6.07, 6.45) is 1.70. The number of amides is 1. The molecular formula is C14H28N2O2. The van der Waals surface area contributed by atoms with Crippen molar-refractivity contribution in [3.8, 4) is 0 Å². The van der Waals surface area contributed by atoms with Crippen LogP contribution < -0.4 is 11.1 Å². The van der Waals surface area contributed by atoms with Crippen LogP contribution in [0.15, 0.2) is 0 Å². The maximum Gasteiger partial charge on any atom is 0.407 e. The fraction of sp³-hybridized carbons (Fsp3) is 0.929. The second kappa shape index (κ2) is 4.72. The highest BCUT2D eigenvalue weighted by Gasteiger charge is 2.50. The molecule has 1 amide bonds. The smallest absolute Gasteiger partial charge is 0.407 e. The van der Waals surface area contributed by atoms with Gasteiger partial charge in [-0.2, -0.15) is 0 Å². The van der Waals surface area contributed by atoms with Gasteiger partial charge in [-0.05, 0) is 44.4 Å². The molecule has 1 saturated carbocycles. The fourth-order valence-electron chi connectivity index (χ4n) is 2.50. The van der Waals surface area contributed by atoms with Crippen molar-refractivity contribution in [3.63, 3.8) is 0 Å². The fourth-order valence-corrected chi connectivity index (χ4v) is 2.50. The molecule has 0 saturated heterocycles. The van der Waals surface area contributed by atoms with Crippen molar-refractivity contribution in [3.05, 3.63) is 0 Å². The van der Waals surface area contributed by atoms with Crippen LogP contribution in [0.1, 0.15) is 54.4 Å². The number of hydrogen-bond donors (Lipinski definition) is 2. The van der Waals surface area contributed by atoms with E-state index in [4.69, 9.17) is 10.5 Å². The summed E-state index contributed by atoms with van der Waals surface area (Å²) in [5.74, 6) is 0. The van der Waals surface area contributed by atoms with Crippen molar-refractivity contribution in [1.29, 1.82) is 0 Å². The Morgan fingerprint density at radius 1 is 1.39 bits per heavy atom. The van der Waals surface area contributed by atoms with Crippen molar-refractivity contribution in [2.24, 2.45) is 16.6 Å². The molecule has 0 aliphatic heterocycles. The second-order valence-electron chi connectivity index (χ2n) is 7.28. The first-order valence-corrected chi connectivity index (χ1v) is 6.70. The Balaban J connectivity index is 2.56. The maximum atomic E-state index is 11.7. The third-order valence-corrected chi connectivity index (χ3v) is 4.51. The molecule has 18 heavy (non-hydrogen) atoms. The van der Waals surface area contributed by atoms with E-state index in [9.17, 15) is 4.79 Å². The largest absolute Gasteiger partial charge is 0.444 e. The van der Waals surface area contributed by atoms with Crippen LogP contribution in [-0.2, 0) is 4.74 Å². The van der Waals surface area contributed by atoms with E-state index in [1.165, 1.54) is 0 Å². The second-order valence-corrected chi connectivity index (χ2v) is 7.28. The summed E-state index contributed by atoms with van der Waals surface area (Å²) < 4.78 is 5.26. The average molecular weight is 256 g/mol. The molecule has 0 aromatic rings. The van der Waals surface area contributed by atoms with Gasteiger partial charge in [0.25, 0.3) is 0 Å². The lowest BCUT2D eigenvalue weighted by molar-refractivity contribution is 0.0448. The van der Waals surface area contributed by atoms with E-state index in [1.807, 2.05) is 20.8 Å². The first kappa shape index (κ1) is 15.3. The number of nitrogens with one attached hydrogen (secondary N) is 1. The van der Waals surface area contributed by atoms with Gasteiger partial charge < -0.3 is 15.8 Å². The summed E-state index contributed by atoms with van der Waals surface area (Å²) >= 11 is 0. The van der Waals surface area contributed by atoms with Gasteiger partial charge >= 0.3 is 6.09 Å². The first-order valence-electron chi connectivity index (χ1n) is 6.70. The van der Waals surface area contributed by atoms with Crippen molar-refractivity contribution >= 4 is 6.09 Å². The van der Waals surface area contributed by atoms with Crippen molar-refractivity contribution in [2.75, 3.05) is 6.54 Å². The van der Waals surface area contributed by atoms with Gasteiger partial charge in [-0.3, -0.25) is 0 Å². The molecule has 0 spiro atoms. The summed E-state index contributed by atoms with van der Waals surface area (Å²) in [6, 6.07) is 0.197. The molecule has 1 aliphatic rings. The molecule has 4 nitrogen and oxygen atoms in total. The zero-order valence-electron chi connectivity index (χ0n) is 12.6. The standard InChI is InChI=1S/C14H28N2O2/c1-12(2,3)18-11(17)16-9-14(6)8-7-10(15)13(14,4)5/h10H,7-9,15H2,1-6H3,(H,16,17). The topological polar surface area (TPSA) is 64.3 Å². The van der Waals surface area contributed by atoms with E-state index < -0.39 is 5.60 Å². The van der Waals surface area contributed by atoms with Gasteiger partial charge in [0.1, 0.15) is 5.60 Å². The molecule has 0 radical (unpaired) electrons. The Morgan fingerprint density at radius 2 is 1.94 bits per heavy atom. The van der Waals surface area contributed by atoms with Crippen LogP contribution in [0, 0.1) is 10.8 Å². The van der Waals surface area contributed by atoms with E-state index in [-0.39, 0.29) is 23.0 Å². The molecule has 4 heteroatoms. The number of rotatable bonds is 2. The highest BCUT2D eigenvalue weighted by molar-refractivity contribution is 5.67. The minimum atomic E-state index is -0.452. The first-order chi connectivity index (χ1) is 7.98. The van der Waals surface area contributed by atoms with Gasteiger partial charge in [0, 0.05) is 12.6 Å². The SMILES string of the molecule is CC(C)(C)OC(=O)NCC1(C)CCC(N)C1(C)C. The summed E-state index contributed by atoms with van der Waals surface area (Å²) in [5, 5.41) is 2.88. The quantitative estimate of drug-likeness (QED) is 0.798. The van der Waals surface area contributed by atoms with Gasteiger partial charge in [-0.15, -0.1) is 0 Å². The van der Waals surface area contributed by atoms with E-state index in [0.29, 0.717) is 6.54 Å². The number of nitrogens with two attached hydrogens (primary N) is 1. The van der Waals surface area contributed by atoms with Crippen LogP contribution in [-0.4, -0.2) is 24.3 Å². The van der Waals surface area contributed by atoms with Gasteiger partial charge in [0.2, 0.25) is 0 Å². The van der Waals surface area contributed by atoms with Crippen LogP contribution in [0.5, 0.6) is 0 Å². The van der Waals surface area contributed by atoms with Crippen LogP contribution in [0.4, 0.5) is 4.79 Å². The summed E-state index contributed by atoms with van der Waals surface area (Å²) in [6.45, 7) is 12.8. The number of carbonyl (C=O) groups excluding carboxylic acids is 1. The molecule has 0 aromatic carbocycles. The number of carbonyl (C=O) groups is 1. The Bertz CT molecular complexity index is 320. The van der Waals surface area contributed by atoms with Crippen LogP contribution in [0.3, 0.4) is 0 Å². The number of alkyl carbamates (subject to hydrolysis) is 1. The average Bonchev–Trinajstić information content (AvgIpc) is 2.38. The van der Waals surface area contributed by atoms with Gasteiger partial charge in [0.15, 0.2) is 0 Å². The number of hydrogen-bond acceptors (Lipinski definition) is 3. The zero-order valence-corrected chi connectivity index (χ0v) is 12.6. The molecule has 0 aromatic heterocycles. The number of ether oxygens (including phenoxy) is 1. The van der Waals surface area contributed by atoms with Gasteiger partial charge in [-0.25, -0.2) is 4.79 Å². The Kier molecular flexibility index (Phi) is 4.01. The highest BCUT2D eigenvalue weighted by Crippen LogP contribution is 2.51. The third-order valence-electron chi connectivity index (χ3n) is 4.51. The molecule has 2 unspecified atom stereocenters. The Morgan fingerprint density at radius 3 is 2.33 bits per heavy atom. The van der Waals surface area contributed by atoms with Gasteiger partial charge in [-0.1, -0.05) is 20.8 Å². The predicted octanol–water partition coefficient (Wildman–Crippen LogP) is 2.66. The van der Waals surface area contributed by atoms with E-state index >= 15 is 0 Å². The molecule has 2 atom stereocenters. The molecule has 106 valence electrons. The summed E-state index contributed by atoms with van der Waals surface area (Å²) in [5.41, 5.74) is 5.76. The van der Waals surface area contributed by atoms with Crippen molar-refractivity contribution in [2.45, 2.75) is 66.0 Å². The Hall–Kier alpha value is -0.770. The van der Waals surface area contributed by atoms with Crippen molar-refractivity contribution < 1.29 is 9.53 Å². The predicted molar refractivity (Wildman–Crippen MR) is 73.3 cm³/mol. The monoisotopic (exact) mass is 256 g/mol. The molecule has 0 bridgehead atoms. The molecular weight excluding hydrogens is 228 g/mol. The molecule has 0 heterocycles. The summed E-state index contributed by atoms with van der Waals surface area (Å²) in [7, 11) is 0. The zero-order chi connectivity index (χ0) is 14.2. The lowest BCUT2D eigenvalue weighted by Gasteiger charge is -2.40. The Labute approximate surface area is 111 Å². The normalized spacial score (nSPS) is 31.2. The van der Waals surface area contributed by atoms with Crippen LogP contribution in [0.25, 0.3) is 0 Å². The molecule has 1 rings (SSSR count). The van der Waals surface area contributed by atoms with E-state index in [1.54, 1.807) is 0 Å². The minimum Gasteiger partial charge on any atom is -0.444 e. The van der Waals surface area contributed by atoms with E-state index in [0.717, 1.165) is 12.8 Å². The lowest BCUT2D eigenvalue weighted by Crippen LogP contribution is -2.48. The van der Waals surface area contributed by atoms with Crippen molar-refractivity contribution in [1.82, 2.24) is 5.32 Å². The van der Waals surface area contributed by atoms with Crippen LogP contribution >= 0.6 is 0 Å². The maximum absolute atomic E-state index is 11.7. The lowest BCUT2D eigenvalue weighted by atomic mass is 9.68. The van der Waals surface area contributed by atoms with Gasteiger partial charge in [0.05, 0.1) is 0 Å². The third kappa shape index (κ3) is 3.16. The molecule has 1 fully saturated rings. The van der Waals surface area contributed by atoms with Crippen LogP contribution in [0.2, 0.25) is 0 Å². The highest BCUT2D eigenvalue weighted by atomic mass is 16.6. The van der Waals surface area contributed by atoms with E-state index in [2.05, 4.69) is 26.1 Å². The summed E-state index contributed by atoms with van der Waals surface area (Å²) in [4.78, 5) is 11.7. The molecule has 1 aliphatic carbocycles. The molecule has 3 N–H and O–H groups in total. The minimum absolute atomic E-state index is 0.0298.